The van der Waals surface area contributed by atoms with E-state index < -0.39 is 32.7 Å². The zero-order valence-electron chi connectivity index (χ0n) is 17.9. The van der Waals surface area contributed by atoms with Crippen LogP contribution in [0, 0.1) is 18.7 Å². The third kappa shape index (κ3) is 5.08. The minimum absolute atomic E-state index is 0.0195. The molecule has 1 aliphatic rings. The molecule has 9 nitrogen and oxygen atoms in total. The third-order valence-corrected chi connectivity index (χ3v) is 8.71. The summed E-state index contributed by atoms with van der Waals surface area (Å²) >= 11 is 0.644. The normalized spacial score (nSPS) is 16.2. The van der Waals surface area contributed by atoms with Gasteiger partial charge in [0.2, 0.25) is 5.91 Å². The number of aromatic nitrogens is 1. The minimum atomic E-state index is -3.83. The first kappa shape index (κ1) is 24.1. The number of hydrogen-bond acceptors (Lipinski definition) is 6. The van der Waals surface area contributed by atoms with Crippen molar-refractivity contribution in [1.82, 2.24) is 19.5 Å². The molecular formula is C20H25FN4O5S2. The lowest BCUT2D eigenvalue weighted by Gasteiger charge is -2.36. The molecule has 0 radical (unpaired) electrons. The molecule has 1 aliphatic heterocycles. The fourth-order valence-electron chi connectivity index (χ4n) is 3.44. The summed E-state index contributed by atoms with van der Waals surface area (Å²) in [5, 5.41) is 2.71. The topological polar surface area (TPSA) is 120 Å². The molecule has 0 bridgehead atoms. The number of nitrogens with zero attached hydrogens (tertiary/aromatic N) is 2. The van der Waals surface area contributed by atoms with Gasteiger partial charge in [0.05, 0.1) is 0 Å². The molecule has 0 saturated carbocycles. The summed E-state index contributed by atoms with van der Waals surface area (Å²) in [6, 6.07) is 4.21. The Labute approximate surface area is 189 Å². The van der Waals surface area contributed by atoms with Crippen molar-refractivity contribution in [3.63, 3.8) is 0 Å². The van der Waals surface area contributed by atoms with E-state index in [9.17, 15) is 27.2 Å². The summed E-state index contributed by atoms with van der Waals surface area (Å²) in [6.45, 7) is 5.60. The smallest absolute Gasteiger partial charge is 0.305 e. The number of H-pyrrole nitrogens is 1. The lowest BCUT2D eigenvalue weighted by molar-refractivity contribution is -0.135. The number of nitrogens with one attached hydrogen (secondary N) is 2. The van der Waals surface area contributed by atoms with Gasteiger partial charge in [-0.1, -0.05) is 25.2 Å². The summed E-state index contributed by atoms with van der Waals surface area (Å²) < 4.78 is 40.1. The summed E-state index contributed by atoms with van der Waals surface area (Å²) in [5.41, 5.74) is 0.531. The van der Waals surface area contributed by atoms with Crippen LogP contribution in [-0.4, -0.2) is 66.6 Å². The van der Waals surface area contributed by atoms with Crippen molar-refractivity contribution < 1.29 is 22.4 Å². The van der Waals surface area contributed by atoms with E-state index in [1.807, 2.05) is 0 Å². The van der Waals surface area contributed by atoms with Crippen molar-refractivity contribution in [3.8, 4) is 0 Å². The highest BCUT2D eigenvalue weighted by Gasteiger charge is 2.35. The van der Waals surface area contributed by atoms with E-state index >= 15 is 0 Å². The summed E-state index contributed by atoms with van der Waals surface area (Å²) in [5.74, 6) is -1.48. The first-order valence-corrected chi connectivity index (χ1v) is 12.3. The molecule has 2 N–H and O–H groups in total. The average Bonchev–Trinajstić information content (AvgIpc) is 3.10. The molecule has 12 heteroatoms. The van der Waals surface area contributed by atoms with Crippen molar-refractivity contribution in [2.45, 2.75) is 31.0 Å². The van der Waals surface area contributed by atoms with Gasteiger partial charge in [0, 0.05) is 37.4 Å². The molecule has 1 saturated heterocycles. The second-order valence-corrected chi connectivity index (χ2v) is 11.0. The van der Waals surface area contributed by atoms with Crippen molar-refractivity contribution in [1.29, 1.82) is 0 Å². The first-order chi connectivity index (χ1) is 15.0. The molecule has 1 aromatic carbocycles. The quantitative estimate of drug-likeness (QED) is 0.638. The predicted molar refractivity (Wildman–Crippen MR) is 118 cm³/mol. The lowest BCUT2D eigenvalue weighted by atomic mass is 10.0. The standard InChI is InChI=1S/C20H25FN4O5S2/c1-12(2)16(23-17(26)14-4-6-15(21)7-5-14)18(27)24-8-10-25(11-9-24)32(29,30)19-13(3)22-20(28)31-19/h4-7,12,16H,8-11H2,1-3H3,(H,22,28)(H,23,26). The maximum atomic E-state index is 13.1. The number of piperazine rings is 1. The SMILES string of the molecule is Cc1[nH]c(=O)sc1S(=O)(=O)N1CCN(C(=O)C(NC(=O)c2ccc(F)cc2)C(C)C)CC1. The highest BCUT2D eigenvalue weighted by Crippen LogP contribution is 2.22. The fraction of sp³-hybridized carbons (Fsp3) is 0.450. The maximum absolute atomic E-state index is 13.1. The second-order valence-electron chi connectivity index (χ2n) is 7.86. The highest BCUT2D eigenvalue weighted by atomic mass is 32.2. The highest BCUT2D eigenvalue weighted by molar-refractivity contribution is 7.91. The Balaban J connectivity index is 1.67. The Morgan fingerprint density at radius 3 is 2.22 bits per heavy atom. The number of halogens is 1. The minimum Gasteiger partial charge on any atom is -0.340 e. The largest absolute Gasteiger partial charge is 0.340 e. The van der Waals surface area contributed by atoms with Crippen molar-refractivity contribution in [3.05, 3.63) is 51.0 Å². The van der Waals surface area contributed by atoms with Crippen LogP contribution in [0.3, 0.4) is 0 Å². The van der Waals surface area contributed by atoms with Crippen LogP contribution in [-0.2, 0) is 14.8 Å². The third-order valence-electron chi connectivity index (χ3n) is 5.23. The molecule has 0 aliphatic carbocycles. The number of thiazole rings is 1. The van der Waals surface area contributed by atoms with Gasteiger partial charge in [-0.25, -0.2) is 12.8 Å². The summed E-state index contributed by atoms with van der Waals surface area (Å²) in [4.78, 5) is 40.7. The number of hydrogen-bond donors (Lipinski definition) is 2. The molecule has 2 aromatic rings. The molecule has 174 valence electrons. The van der Waals surface area contributed by atoms with Gasteiger partial charge in [-0.05, 0) is 37.1 Å². The van der Waals surface area contributed by atoms with E-state index in [0.29, 0.717) is 17.0 Å². The molecule has 2 heterocycles. The molecule has 32 heavy (non-hydrogen) atoms. The summed E-state index contributed by atoms with van der Waals surface area (Å²) in [7, 11) is -3.83. The zero-order chi connectivity index (χ0) is 23.6. The van der Waals surface area contributed by atoms with Gasteiger partial charge in [0.15, 0.2) is 4.21 Å². The molecule has 1 fully saturated rings. The number of sulfonamides is 1. The number of amides is 2. The Bertz CT molecular complexity index is 1150. The fourth-order valence-corrected chi connectivity index (χ4v) is 6.30. The van der Waals surface area contributed by atoms with E-state index in [0.717, 1.165) is 0 Å². The number of rotatable bonds is 6. The van der Waals surface area contributed by atoms with Crippen molar-refractivity contribution >= 4 is 33.2 Å². The van der Waals surface area contributed by atoms with Gasteiger partial charge in [0.25, 0.3) is 15.9 Å². The van der Waals surface area contributed by atoms with E-state index in [-0.39, 0.29) is 47.8 Å². The molecule has 1 unspecified atom stereocenters. The molecule has 0 spiro atoms. The molecule has 3 rings (SSSR count). The molecular weight excluding hydrogens is 459 g/mol. The number of carbonyl (C=O) groups is 2. The van der Waals surface area contributed by atoms with E-state index in [1.54, 1.807) is 13.8 Å². The van der Waals surface area contributed by atoms with Gasteiger partial charge in [-0.15, -0.1) is 0 Å². The van der Waals surface area contributed by atoms with Crippen LogP contribution in [0.25, 0.3) is 0 Å². The van der Waals surface area contributed by atoms with E-state index in [2.05, 4.69) is 10.3 Å². The number of carbonyl (C=O) groups excluding carboxylic acids is 2. The van der Waals surface area contributed by atoms with Crippen molar-refractivity contribution in [2.24, 2.45) is 5.92 Å². The van der Waals surface area contributed by atoms with E-state index in [4.69, 9.17) is 0 Å². The van der Waals surface area contributed by atoms with Gasteiger partial charge in [-0.3, -0.25) is 14.4 Å². The zero-order valence-corrected chi connectivity index (χ0v) is 19.6. The molecule has 1 atom stereocenters. The molecule has 1 aromatic heterocycles. The van der Waals surface area contributed by atoms with Crippen LogP contribution in [0.2, 0.25) is 0 Å². The Morgan fingerprint density at radius 2 is 1.72 bits per heavy atom. The van der Waals surface area contributed by atoms with Crippen LogP contribution < -0.4 is 10.2 Å². The maximum Gasteiger partial charge on any atom is 0.305 e. The average molecular weight is 485 g/mol. The lowest BCUT2D eigenvalue weighted by Crippen LogP contribution is -2.57. The summed E-state index contributed by atoms with van der Waals surface area (Å²) in [6.07, 6.45) is 0. The van der Waals surface area contributed by atoms with Crippen LogP contribution in [0.4, 0.5) is 4.39 Å². The number of aromatic amines is 1. The Morgan fingerprint density at radius 1 is 1.12 bits per heavy atom. The van der Waals surface area contributed by atoms with Crippen LogP contribution in [0.5, 0.6) is 0 Å². The van der Waals surface area contributed by atoms with Crippen LogP contribution in [0.15, 0.2) is 33.3 Å². The number of benzene rings is 1. The van der Waals surface area contributed by atoms with E-state index in [1.165, 1.54) is 40.4 Å². The van der Waals surface area contributed by atoms with Gasteiger partial charge in [0.1, 0.15) is 11.9 Å². The number of aryl methyl sites for hydroxylation is 1. The monoisotopic (exact) mass is 484 g/mol. The van der Waals surface area contributed by atoms with Crippen LogP contribution in [0.1, 0.15) is 29.9 Å². The molecule has 2 amide bonds. The van der Waals surface area contributed by atoms with Crippen molar-refractivity contribution in [2.75, 3.05) is 26.2 Å². The predicted octanol–water partition coefficient (Wildman–Crippen LogP) is 1.17. The van der Waals surface area contributed by atoms with Gasteiger partial charge >= 0.3 is 4.87 Å². The van der Waals surface area contributed by atoms with Crippen LogP contribution >= 0.6 is 11.3 Å². The van der Waals surface area contributed by atoms with Gasteiger partial charge < -0.3 is 15.2 Å². The Kier molecular flexibility index (Phi) is 7.16. The second kappa shape index (κ2) is 9.51. The van der Waals surface area contributed by atoms with Gasteiger partial charge in [-0.2, -0.15) is 4.31 Å². The first-order valence-electron chi connectivity index (χ1n) is 10.1. The Hall–Kier alpha value is -2.57.